The van der Waals surface area contributed by atoms with E-state index >= 15 is 0 Å². The molecule has 5 nitrogen and oxygen atoms in total. The van der Waals surface area contributed by atoms with Gasteiger partial charge in [-0.2, -0.15) is 0 Å². The lowest BCUT2D eigenvalue weighted by Gasteiger charge is -2.32. The summed E-state index contributed by atoms with van der Waals surface area (Å²) < 4.78 is 12.0. The van der Waals surface area contributed by atoms with Gasteiger partial charge in [-0.15, -0.1) is 0 Å². The molecule has 5 heteroatoms. The fourth-order valence-corrected chi connectivity index (χ4v) is 3.56. The van der Waals surface area contributed by atoms with Crippen LogP contribution in [0.15, 0.2) is 65.6 Å². The number of hydrogen-bond donors (Lipinski definition) is 1. The van der Waals surface area contributed by atoms with Crippen molar-refractivity contribution < 1.29 is 9.47 Å². The Morgan fingerprint density at radius 3 is 2.85 bits per heavy atom. The van der Waals surface area contributed by atoms with Crippen LogP contribution in [0.2, 0.25) is 0 Å². The lowest BCUT2D eigenvalue weighted by atomic mass is 10.1. The number of nitrogens with one attached hydrogen (secondary N) is 1. The predicted octanol–water partition coefficient (Wildman–Crippen LogP) is 3.45. The van der Waals surface area contributed by atoms with E-state index in [9.17, 15) is 4.79 Å². The van der Waals surface area contributed by atoms with Gasteiger partial charge in [-0.05, 0) is 61.2 Å². The Morgan fingerprint density at radius 2 is 1.96 bits per heavy atom. The van der Waals surface area contributed by atoms with Gasteiger partial charge >= 0.3 is 0 Å². The zero-order valence-electron chi connectivity index (χ0n) is 15.3. The summed E-state index contributed by atoms with van der Waals surface area (Å²) in [7, 11) is 0. The van der Waals surface area contributed by atoms with E-state index in [4.69, 9.17) is 9.47 Å². The number of fused-ring (bicyclic) bond motifs is 1. The lowest BCUT2D eigenvalue weighted by Crippen LogP contribution is -2.42. The van der Waals surface area contributed by atoms with Crippen LogP contribution in [0, 0.1) is 0 Å². The molecule has 140 valence electrons. The van der Waals surface area contributed by atoms with Crippen LogP contribution in [-0.2, 0) is 0 Å². The van der Waals surface area contributed by atoms with Gasteiger partial charge in [0.1, 0.15) is 24.2 Å². The lowest BCUT2D eigenvalue weighted by molar-refractivity contribution is 0.0795. The van der Waals surface area contributed by atoms with Crippen LogP contribution >= 0.6 is 0 Å². The zero-order valence-corrected chi connectivity index (χ0v) is 15.3. The number of piperidine rings is 1. The normalized spacial score (nSPS) is 17.7. The molecular weight excluding hydrogens is 340 g/mol. The van der Waals surface area contributed by atoms with Crippen LogP contribution in [-0.4, -0.2) is 42.2 Å². The topological polar surface area (TPSA) is 54.6 Å². The number of para-hydroxylation sites is 1. The number of aromatic amines is 1. The number of likely N-dealkylation sites (tertiary alicyclic amines) is 1. The van der Waals surface area contributed by atoms with Crippen molar-refractivity contribution in [3.63, 3.8) is 0 Å². The maximum Gasteiger partial charge on any atom is 0.255 e. The molecule has 2 aromatic carbocycles. The second-order valence-electron chi connectivity index (χ2n) is 6.90. The van der Waals surface area contributed by atoms with E-state index in [1.807, 2.05) is 54.6 Å². The quantitative estimate of drug-likeness (QED) is 0.728. The highest BCUT2D eigenvalue weighted by Gasteiger charge is 2.21. The molecule has 1 saturated heterocycles. The van der Waals surface area contributed by atoms with Crippen molar-refractivity contribution in [1.82, 2.24) is 9.88 Å². The maximum atomic E-state index is 11.8. The zero-order chi connectivity index (χ0) is 18.5. The first-order valence-corrected chi connectivity index (χ1v) is 9.46. The van der Waals surface area contributed by atoms with Gasteiger partial charge in [-0.25, -0.2) is 0 Å². The Morgan fingerprint density at radius 1 is 1.07 bits per heavy atom. The molecule has 1 aromatic heterocycles. The van der Waals surface area contributed by atoms with Crippen LogP contribution in [0.3, 0.4) is 0 Å². The van der Waals surface area contributed by atoms with Crippen LogP contribution < -0.4 is 15.0 Å². The second-order valence-corrected chi connectivity index (χ2v) is 6.90. The Kier molecular flexibility index (Phi) is 5.39. The Hall–Kier alpha value is -2.79. The van der Waals surface area contributed by atoms with Gasteiger partial charge in [0.2, 0.25) is 0 Å². The molecule has 0 aliphatic carbocycles. The number of hydrogen-bond acceptors (Lipinski definition) is 4. The van der Waals surface area contributed by atoms with Crippen molar-refractivity contribution in [2.75, 3.05) is 26.2 Å². The van der Waals surface area contributed by atoms with Crippen LogP contribution in [0.25, 0.3) is 10.8 Å². The van der Waals surface area contributed by atoms with E-state index in [1.165, 1.54) is 0 Å². The summed E-state index contributed by atoms with van der Waals surface area (Å²) in [6.45, 7) is 3.54. The molecule has 0 bridgehead atoms. The summed E-state index contributed by atoms with van der Waals surface area (Å²) in [5.41, 5.74) is -0.0682. The fourth-order valence-electron chi connectivity index (χ4n) is 3.56. The molecule has 0 radical (unpaired) electrons. The van der Waals surface area contributed by atoms with Gasteiger partial charge in [0.05, 0.1) is 0 Å². The highest BCUT2D eigenvalue weighted by Crippen LogP contribution is 2.22. The van der Waals surface area contributed by atoms with Crippen LogP contribution in [0.1, 0.15) is 12.8 Å². The number of ether oxygens (including phenoxy) is 2. The van der Waals surface area contributed by atoms with Crippen LogP contribution in [0.4, 0.5) is 0 Å². The first-order chi connectivity index (χ1) is 13.3. The van der Waals surface area contributed by atoms with E-state index in [0.29, 0.717) is 12.0 Å². The number of rotatable bonds is 6. The van der Waals surface area contributed by atoms with Crippen molar-refractivity contribution in [2.45, 2.75) is 18.9 Å². The Bertz CT molecular complexity index is 939. The molecule has 4 rings (SSSR count). The van der Waals surface area contributed by atoms with Gasteiger partial charge in [-0.3, -0.25) is 9.69 Å². The third-order valence-corrected chi connectivity index (χ3v) is 4.93. The summed E-state index contributed by atoms with van der Waals surface area (Å²) >= 11 is 0. The second kappa shape index (κ2) is 8.27. The third kappa shape index (κ3) is 4.49. The minimum absolute atomic E-state index is 0.0682. The van der Waals surface area contributed by atoms with Crippen molar-refractivity contribution in [1.29, 1.82) is 0 Å². The fraction of sp³-hybridized carbons (Fsp3) is 0.318. The standard InChI is InChI=1S/C22H24N2O3/c25-22-21-9-8-19(15-17(21)10-11-23-22)27-20-7-4-12-24(16-20)13-14-26-18-5-2-1-3-6-18/h1-3,5-6,8-11,15,20H,4,7,12-14,16H2,(H,23,25)/t20-/m0/s1. The molecule has 1 fully saturated rings. The Balaban J connectivity index is 1.32. The smallest absolute Gasteiger partial charge is 0.255 e. The molecule has 0 spiro atoms. The van der Waals surface area contributed by atoms with Crippen molar-refractivity contribution in [3.05, 3.63) is 71.1 Å². The van der Waals surface area contributed by atoms with Gasteiger partial charge < -0.3 is 14.5 Å². The number of benzene rings is 2. The SMILES string of the molecule is O=c1[nH]ccc2cc(O[C@H]3CCCN(CCOc4ccccc4)C3)ccc12. The molecule has 1 aliphatic rings. The summed E-state index contributed by atoms with van der Waals surface area (Å²) in [6, 6.07) is 17.5. The highest BCUT2D eigenvalue weighted by molar-refractivity contribution is 5.82. The number of pyridine rings is 1. The number of H-pyrrole nitrogens is 1. The number of nitrogens with zero attached hydrogens (tertiary/aromatic N) is 1. The summed E-state index contributed by atoms with van der Waals surface area (Å²) in [4.78, 5) is 16.9. The monoisotopic (exact) mass is 364 g/mol. The van der Waals surface area contributed by atoms with E-state index in [0.717, 1.165) is 49.4 Å². The average Bonchev–Trinajstić information content (AvgIpc) is 2.69. The molecule has 0 amide bonds. The Labute approximate surface area is 158 Å². The predicted molar refractivity (Wildman–Crippen MR) is 107 cm³/mol. The van der Waals surface area contributed by atoms with Gasteiger partial charge in [0.15, 0.2) is 0 Å². The minimum Gasteiger partial charge on any atom is -0.492 e. The first-order valence-electron chi connectivity index (χ1n) is 9.46. The van der Waals surface area contributed by atoms with E-state index in [1.54, 1.807) is 6.20 Å². The molecule has 0 unspecified atom stereocenters. The van der Waals surface area contributed by atoms with Crippen LogP contribution in [0.5, 0.6) is 11.5 Å². The van der Waals surface area contributed by atoms with Gasteiger partial charge in [-0.1, -0.05) is 18.2 Å². The van der Waals surface area contributed by atoms with Crippen molar-refractivity contribution >= 4 is 10.8 Å². The van der Waals surface area contributed by atoms with Crippen molar-refractivity contribution in [3.8, 4) is 11.5 Å². The van der Waals surface area contributed by atoms with E-state index < -0.39 is 0 Å². The summed E-state index contributed by atoms with van der Waals surface area (Å²) in [5.74, 6) is 1.73. The van der Waals surface area contributed by atoms with E-state index in [2.05, 4.69) is 9.88 Å². The number of aromatic nitrogens is 1. The summed E-state index contributed by atoms with van der Waals surface area (Å²) in [6.07, 6.45) is 3.99. The molecule has 1 atom stereocenters. The molecule has 2 heterocycles. The third-order valence-electron chi connectivity index (χ3n) is 4.93. The molecule has 1 aliphatic heterocycles. The molecule has 1 N–H and O–H groups in total. The first kappa shape index (κ1) is 17.6. The minimum atomic E-state index is -0.0682. The highest BCUT2D eigenvalue weighted by atomic mass is 16.5. The summed E-state index contributed by atoms with van der Waals surface area (Å²) in [5, 5.41) is 1.59. The van der Waals surface area contributed by atoms with E-state index in [-0.39, 0.29) is 11.7 Å². The largest absolute Gasteiger partial charge is 0.492 e. The average molecular weight is 364 g/mol. The van der Waals surface area contributed by atoms with Crippen molar-refractivity contribution in [2.24, 2.45) is 0 Å². The molecular formula is C22H24N2O3. The molecule has 27 heavy (non-hydrogen) atoms. The van der Waals surface area contributed by atoms with Gasteiger partial charge in [0, 0.05) is 24.7 Å². The molecule has 0 saturated carbocycles. The maximum absolute atomic E-state index is 11.8. The van der Waals surface area contributed by atoms with Gasteiger partial charge in [0.25, 0.3) is 5.56 Å². The molecule has 3 aromatic rings.